The second kappa shape index (κ2) is 5.40. The molecule has 3 fully saturated rings. The Labute approximate surface area is 124 Å². The summed E-state index contributed by atoms with van der Waals surface area (Å²) in [5.41, 5.74) is 0. The van der Waals surface area contributed by atoms with E-state index < -0.39 is 6.04 Å². The van der Waals surface area contributed by atoms with Crippen molar-refractivity contribution in [1.82, 2.24) is 15.5 Å². The van der Waals surface area contributed by atoms with Crippen LogP contribution in [0.5, 0.6) is 0 Å². The highest BCUT2D eigenvalue weighted by Gasteiger charge is 2.43. The zero-order valence-corrected chi connectivity index (χ0v) is 12.6. The third-order valence-corrected chi connectivity index (χ3v) is 4.70. The molecule has 0 aromatic heterocycles. The lowest BCUT2D eigenvalue weighted by Crippen LogP contribution is -2.49. The smallest absolute Gasteiger partial charge is 0.252 e. The molecule has 116 valence electrons. The van der Waals surface area contributed by atoms with Crippen LogP contribution in [0.15, 0.2) is 0 Å². The summed E-state index contributed by atoms with van der Waals surface area (Å²) in [7, 11) is 0. The number of hydrogen-bond acceptors (Lipinski definition) is 4. The van der Waals surface area contributed by atoms with Crippen molar-refractivity contribution in [2.75, 3.05) is 0 Å². The Morgan fingerprint density at radius 3 is 2.52 bits per heavy atom. The van der Waals surface area contributed by atoms with Crippen LogP contribution in [0.1, 0.15) is 46.0 Å². The van der Waals surface area contributed by atoms with Gasteiger partial charge in [0, 0.05) is 12.1 Å². The molecule has 6 nitrogen and oxygen atoms in total. The lowest BCUT2D eigenvalue weighted by molar-refractivity contribution is -0.141. The molecule has 0 radical (unpaired) electrons. The maximum atomic E-state index is 12.3. The van der Waals surface area contributed by atoms with Gasteiger partial charge in [-0.05, 0) is 45.4 Å². The van der Waals surface area contributed by atoms with Crippen LogP contribution in [0.2, 0.25) is 0 Å². The molecule has 3 unspecified atom stereocenters. The number of amides is 3. The molecular formula is C15H23N3O3. The minimum Gasteiger partial charge on any atom is -0.342 e. The van der Waals surface area contributed by atoms with Crippen molar-refractivity contribution in [3.05, 3.63) is 0 Å². The summed E-state index contributed by atoms with van der Waals surface area (Å²) in [6, 6.07) is -0.606. The average Bonchev–Trinajstić information content (AvgIpc) is 3.07. The molecule has 2 heterocycles. The van der Waals surface area contributed by atoms with Gasteiger partial charge < -0.3 is 10.6 Å². The summed E-state index contributed by atoms with van der Waals surface area (Å²) in [4.78, 5) is 37.5. The number of hydrogen-bond donors (Lipinski definition) is 2. The van der Waals surface area contributed by atoms with Gasteiger partial charge in [-0.3, -0.25) is 19.3 Å². The average molecular weight is 293 g/mol. The summed E-state index contributed by atoms with van der Waals surface area (Å²) in [5, 5.41) is 6.12. The Kier molecular flexibility index (Phi) is 3.73. The third-order valence-electron chi connectivity index (χ3n) is 4.70. The van der Waals surface area contributed by atoms with E-state index in [1.165, 1.54) is 17.7 Å². The lowest BCUT2D eigenvalue weighted by Gasteiger charge is -2.20. The van der Waals surface area contributed by atoms with Gasteiger partial charge in [0.15, 0.2) is 0 Å². The molecular weight excluding hydrogens is 270 g/mol. The highest BCUT2D eigenvalue weighted by Crippen LogP contribution is 2.37. The molecule has 3 aliphatic rings. The van der Waals surface area contributed by atoms with E-state index in [-0.39, 0.29) is 36.2 Å². The van der Waals surface area contributed by atoms with E-state index in [9.17, 15) is 14.4 Å². The van der Waals surface area contributed by atoms with E-state index in [0.29, 0.717) is 6.04 Å². The molecule has 0 aromatic carbocycles. The van der Waals surface area contributed by atoms with E-state index in [4.69, 9.17) is 0 Å². The van der Waals surface area contributed by atoms with E-state index in [2.05, 4.69) is 10.6 Å². The highest BCUT2D eigenvalue weighted by molar-refractivity contribution is 6.07. The fraction of sp³-hybridized carbons (Fsp3) is 0.800. The van der Waals surface area contributed by atoms with Crippen molar-refractivity contribution >= 4 is 17.7 Å². The quantitative estimate of drug-likeness (QED) is 0.724. The van der Waals surface area contributed by atoms with Gasteiger partial charge >= 0.3 is 0 Å². The molecule has 2 N–H and O–H groups in total. The second-order valence-corrected chi connectivity index (χ2v) is 6.70. The minimum atomic E-state index is -0.686. The number of nitrogens with one attached hydrogen (secondary N) is 2. The van der Waals surface area contributed by atoms with Crippen LogP contribution in [0, 0.1) is 5.92 Å². The molecule has 3 amide bonds. The monoisotopic (exact) mass is 293 g/mol. The number of imide groups is 1. The van der Waals surface area contributed by atoms with E-state index in [1.807, 2.05) is 0 Å². The number of carbonyl (C=O) groups is 3. The van der Waals surface area contributed by atoms with Crippen molar-refractivity contribution < 1.29 is 14.4 Å². The van der Waals surface area contributed by atoms with Crippen molar-refractivity contribution in [3.8, 4) is 0 Å². The van der Waals surface area contributed by atoms with Crippen LogP contribution in [-0.2, 0) is 14.4 Å². The summed E-state index contributed by atoms with van der Waals surface area (Å²) >= 11 is 0. The number of likely N-dealkylation sites (tertiary alicyclic amines) is 1. The molecule has 21 heavy (non-hydrogen) atoms. The van der Waals surface area contributed by atoms with Gasteiger partial charge in [-0.1, -0.05) is 0 Å². The topological polar surface area (TPSA) is 78.5 Å². The summed E-state index contributed by atoms with van der Waals surface area (Å²) in [6.07, 6.45) is 4.44. The first-order valence-electron chi connectivity index (χ1n) is 7.89. The molecule has 0 aromatic rings. The first-order valence-corrected chi connectivity index (χ1v) is 7.89. The molecule has 2 aliphatic heterocycles. The molecule has 0 bridgehead atoms. The molecule has 6 heteroatoms. The zero-order valence-electron chi connectivity index (χ0n) is 12.6. The summed E-state index contributed by atoms with van der Waals surface area (Å²) in [6.45, 7) is 3.61. The maximum Gasteiger partial charge on any atom is 0.252 e. The minimum absolute atomic E-state index is 0.0848. The van der Waals surface area contributed by atoms with Gasteiger partial charge in [-0.15, -0.1) is 0 Å². The van der Waals surface area contributed by atoms with Crippen LogP contribution in [-0.4, -0.2) is 46.8 Å². The first kappa shape index (κ1) is 14.5. The molecule has 3 atom stereocenters. The van der Waals surface area contributed by atoms with Gasteiger partial charge in [0.25, 0.3) is 5.91 Å². The fourth-order valence-electron chi connectivity index (χ4n) is 3.43. The van der Waals surface area contributed by atoms with Crippen molar-refractivity contribution in [2.45, 2.75) is 70.1 Å². The Morgan fingerprint density at radius 2 is 1.95 bits per heavy atom. The van der Waals surface area contributed by atoms with Crippen LogP contribution in [0.4, 0.5) is 0 Å². The lowest BCUT2D eigenvalue weighted by atomic mass is 10.1. The van der Waals surface area contributed by atoms with Crippen molar-refractivity contribution in [3.63, 3.8) is 0 Å². The fourth-order valence-corrected chi connectivity index (χ4v) is 3.43. The standard InChI is InChI=1S/C15H23N3O3/c1-8(2)18-13(19)7-12(15(18)21)17-14(20)11-6-5-10(16-11)9-3-4-9/h8-12,16H,3-7H2,1-2H3,(H,17,20). The van der Waals surface area contributed by atoms with E-state index in [1.54, 1.807) is 13.8 Å². The predicted octanol–water partition coefficient (Wildman–Crippen LogP) is 0.169. The Morgan fingerprint density at radius 1 is 1.24 bits per heavy atom. The molecule has 0 spiro atoms. The zero-order chi connectivity index (χ0) is 15.1. The van der Waals surface area contributed by atoms with Gasteiger partial charge in [-0.25, -0.2) is 0 Å². The van der Waals surface area contributed by atoms with Crippen LogP contribution < -0.4 is 10.6 Å². The number of rotatable bonds is 4. The Balaban J connectivity index is 1.55. The largest absolute Gasteiger partial charge is 0.342 e. The normalized spacial score (nSPS) is 33.1. The van der Waals surface area contributed by atoms with Crippen molar-refractivity contribution in [2.24, 2.45) is 5.92 Å². The Bertz CT molecular complexity index is 473. The molecule has 1 aliphatic carbocycles. The second-order valence-electron chi connectivity index (χ2n) is 6.70. The number of carbonyl (C=O) groups excluding carboxylic acids is 3. The van der Waals surface area contributed by atoms with Gasteiger partial charge in [0.2, 0.25) is 11.8 Å². The summed E-state index contributed by atoms with van der Waals surface area (Å²) < 4.78 is 0. The predicted molar refractivity (Wildman–Crippen MR) is 76.2 cm³/mol. The molecule has 2 saturated heterocycles. The first-order chi connectivity index (χ1) is 9.97. The number of nitrogens with zero attached hydrogens (tertiary/aromatic N) is 1. The highest BCUT2D eigenvalue weighted by atomic mass is 16.2. The summed E-state index contributed by atoms with van der Waals surface area (Å²) in [5.74, 6) is 0.111. The van der Waals surface area contributed by atoms with Gasteiger partial charge in [-0.2, -0.15) is 0 Å². The molecule has 3 rings (SSSR count). The SMILES string of the molecule is CC(C)N1C(=O)CC(NC(=O)C2CCC(C3CC3)N2)C1=O. The molecule has 1 saturated carbocycles. The van der Waals surface area contributed by atoms with Gasteiger partial charge in [0.1, 0.15) is 6.04 Å². The van der Waals surface area contributed by atoms with E-state index >= 15 is 0 Å². The maximum absolute atomic E-state index is 12.3. The van der Waals surface area contributed by atoms with Crippen molar-refractivity contribution in [1.29, 1.82) is 0 Å². The van der Waals surface area contributed by atoms with Gasteiger partial charge in [0.05, 0.1) is 12.5 Å². The van der Waals surface area contributed by atoms with Crippen LogP contribution in [0.25, 0.3) is 0 Å². The van der Waals surface area contributed by atoms with Crippen LogP contribution >= 0.6 is 0 Å². The third kappa shape index (κ3) is 2.81. The Hall–Kier alpha value is -1.43. The van der Waals surface area contributed by atoms with E-state index in [0.717, 1.165) is 18.8 Å². The van der Waals surface area contributed by atoms with Crippen LogP contribution in [0.3, 0.4) is 0 Å².